The van der Waals surface area contributed by atoms with Crippen LogP contribution in [0.25, 0.3) is 10.8 Å². The van der Waals surface area contributed by atoms with Crippen LogP contribution in [0.1, 0.15) is 18.1 Å². The summed E-state index contributed by atoms with van der Waals surface area (Å²) in [6.07, 6.45) is 6.06. The molecule has 2 aromatic carbocycles. The molecule has 0 unspecified atom stereocenters. The standard InChI is InChI=1S/C14H11FO/c1-3-9-6-5-7-11-13(16)8-12(15)10(4-2)14(9)11/h2,5-8,16H,3H2,1H3. The number of halogens is 1. The molecular weight excluding hydrogens is 203 g/mol. The van der Waals surface area contributed by atoms with E-state index in [-0.39, 0.29) is 11.3 Å². The largest absolute Gasteiger partial charge is 0.507 e. The number of terminal acetylenes is 1. The predicted octanol–water partition coefficient (Wildman–Crippen LogP) is 3.23. The zero-order valence-electron chi connectivity index (χ0n) is 8.92. The quantitative estimate of drug-likeness (QED) is 0.722. The van der Waals surface area contributed by atoms with E-state index in [9.17, 15) is 9.50 Å². The van der Waals surface area contributed by atoms with Crippen molar-refractivity contribution < 1.29 is 9.50 Å². The van der Waals surface area contributed by atoms with Crippen LogP contribution in [0.2, 0.25) is 0 Å². The lowest BCUT2D eigenvalue weighted by Gasteiger charge is -2.09. The second kappa shape index (κ2) is 3.86. The van der Waals surface area contributed by atoms with Crippen molar-refractivity contribution >= 4 is 10.8 Å². The molecular formula is C14H11FO. The van der Waals surface area contributed by atoms with E-state index in [1.54, 1.807) is 6.07 Å². The smallest absolute Gasteiger partial charge is 0.143 e. The lowest BCUT2D eigenvalue weighted by molar-refractivity contribution is 0.475. The molecule has 0 saturated carbocycles. The number of fused-ring (bicyclic) bond motifs is 1. The molecule has 0 spiro atoms. The first-order chi connectivity index (χ1) is 7.69. The summed E-state index contributed by atoms with van der Waals surface area (Å²) in [6.45, 7) is 1.97. The summed E-state index contributed by atoms with van der Waals surface area (Å²) in [7, 11) is 0. The molecule has 0 atom stereocenters. The van der Waals surface area contributed by atoms with Gasteiger partial charge in [-0.05, 0) is 12.0 Å². The fourth-order valence-electron chi connectivity index (χ4n) is 1.93. The Kier molecular flexibility index (Phi) is 2.54. The van der Waals surface area contributed by atoms with Gasteiger partial charge >= 0.3 is 0 Å². The van der Waals surface area contributed by atoms with Crippen LogP contribution in [0.4, 0.5) is 4.39 Å². The Hall–Kier alpha value is -2.01. The second-order valence-electron chi connectivity index (χ2n) is 3.59. The number of hydrogen-bond acceptors (Lipinski definition) is 1. The first-order valence-corrected chi connectivity index (χ1v) is 5.08. The third-order valence-corrected chi connectivity index (χ3v) is 2.70. The normalized spacial score (nSPS) is 10.3. The van der Waals surface area contributed by atoms with E-state index in [1.165, 1.54) is 0 Å². The number of aryl methyl sites for hydroxylation is 1. The van der Waals surface area contributed by atoms with Crippen molar-refractivity contribution in [2.75, 3.05) is 0 Å². The molecule has 0 radical (unpaired) electrons. The molecule has 2 heteroatoms. The number of rotatable bonds is 1. The van der Waals surface area contributed by atoms with Gasteiger partial charge < -0.3 is 5.11 Å². The molecule has 0 saturated heterocycles. The number of phenols is 1. The minimum absolute atomic E-state index is 0.0678. The number of aromatic hydroxyl groups is 1. The van der Waals surface area contributed by atoms with Crippen LogP contribution in [-0.2, 0) is 6.42 Å². The van der Waals surface area contributed by atoms with Gasteiger partial charge in [0.2, 0.25) is 0 Å². The molecule has 1 nitrogen and oxygen atoms in total. The van der Waals surface area contributed by atoms with Gasteiger partial charge in [0.05, 0.1) is 5.56 Å². The Bertz CT molecular complexity index is 594. The van der Waals surface area contributed by atoms with Gasteiger partial charge in [-0.1, -0.05) is 31.0 Å². The molecule has 2 rings (SSSR count). The maximum atomic E-state index is 13.6. The molecule has 0 bridgehead atoms. The Balaban J connectivity index is 3.02. The zero-order chi connectivity index (χ0) is 11.7. The third-order valence-electron chi connectivity index (χ3n) is 2.70. The molecule has 0 aromatic heterocycles. The van der Waals surface area contributed by atoms with Gasteiger partial charge in [-0.15, -0.1) is 6.42 Å². The topological polar surface area (TPSA) is 20.2 Å². The van der Waals surface area contributed by atoms with E-state index in [2.05, 4.69) is 5.92 Å². The SMILES string of the molecule is C#Cc1c(F)cc(O)c2cccc(CC)c12. The van der Waals surface area contributed by atoms with Crippen LogP contribution in [0.15, 0.2) is 24.3 Å². The summed E-state index contributed by atoms with van der Waals surface area (Å²) in [5, 5.41) is 10.9. The van der Waals surface area contributed by atoms with Crippen LogP contribution < -0.4 is 0 Å². The number of benzene rings is 2. The Morgan fingerprint density at radius 2 is 2.19 bits per heavy atom. The highest BCUT2D eigenvalue weighted by Crippen LogP contribution is 2.32. The van der Waals surface area contributed by atoms with Crippen molar-refractivity contribution in [3.8, 4) is 18.1 Å². The lowest BCUT2D eigenvalue weighted by Crippen LogP contribution is -1.92. The van der Waals surface area contributed by atoms with Gasteiger partial charge in [-0.2, -0.15) is 0 Å². The summed E-state index contributed by atoms with van der Waals surface area (Å²) >= 11 is 0. The minimum Gasteiger partial charge on any atom is -0.507 e. The van der Waals surface area contributed by atoms with Crippen molar-refractivity contribution in [1.29, 1.82) is 0 Å². The maximum absolute atomic E-state index is 13.6. The van der Waals surface area contributed by atoms with Gasteiger partial charge in [0, 0.05) is 16.8 Å². The van der Waals surface area contributed by atoms with Crippen LogP contribution in [0, 0.1) is 18.2 Å². The molecule has 0 aliphatic rings. The zero-order valence-corrected chi connectivity index (χ0v) is 8.92. The third kappa shape index (κ3) is 1.42. The predicted molar refractivity (Wildman–Crippen MR) is 62.9 cm³/mol. The van der Waals surface area contributed by atoms with Crippen molar-refractivity contribution in [2.45, 2.75) is 13.3 Å². The Morgan fingerprint density at radius 3 is 2.81 bits per heavy atom. The van der Waals surface area contributed by atoms with Crippen molar-refractivity contribution in [2.24, 2.45) is 0 Å². The molecule has 0 fully saturated rings. The van der Waals surface area contributed by atoms with Crippen LogP contribution >= 0.6 is 0 Å². The van der Waals surface area contributed by atoms with Crippen molar-refractivity contribution in [1.82, 2.24) is 0 Å². The van der Waals surface area contributed by atoms with E-state index in [4.69, 9.17) is 6.42 Å². The van der Waals surface area contributed by atoms with Gasteiger partial charge in [-0.25, -0.2) is 4.39 Å². The minimum atomic E-state index is -0.548. The van der Waals surface area contributed by atoms with E-state index in [1.807, 2.05) is 19.1 Å². The van der Waals surface area contributed by atoms with E-state index >= 15 is 0 Å². The molecule has 0 aliphatic heterocycles. The fourth-order valence-corrected chi connectivity index (χ4v) is 1.93. The highest BCUT2D eigenvalue weighted by Gasteiger charge is 2.12. The average Bonchev–Trinajstić information content (AvgIpc) is 2.29. The van der Waals surface area contributed by atoms with Gasteiger partial charge in [0.1, 0.15) is 11.6 Å². The number of phenolic OH excluding ortho intramolecular Hbond substituents is 1. The molecule has 0 heterocycles. The lowest BCUT2D eigenvalue weighted by atomic mass is 9.97. The van der Waals surface area contributed by atoms with Crippen molar-refractivity contribution in [3.63, 3.8) is 0 Å². The van der Waals surface area contributed by atoms with E-state index < -0.39 is 5.82 Å². The fraction of sp³-hybridized carbons (Fsp3) is 0.143. The first kappa shape index (κ1) is 10.5. The summed E-state index contributed by atoms with van der Waals surface area (Å²) in [5.74, 6) is 1.74. The van der Waals surface area contributed by atoms with E-state index in [0.29, 0.717) is 10.8 Å². The Morgan fingerprint density at radius 1 is 1.44 bits per heavy atom. The monoisotopic (exact) mass is 214 g/mol. The Labute approximate surface area is 93.5 Å². The first-order valence-electron chi connectivity index (χ1n) is 5.08. The molecule has 1 N–H and O–H groups in total. The van der Waals surface area contributed by atoms with E-state index in [0.717, 1.165) is 18.1 Å². The second-order valence-corrected chi connectivity index (χ2v) is 3.59. The summed E-state index contributed by atoms with van der Waals surface area (Å²) < 4.78 is 13.6. The average molecular weight is 214 g/mol. The molecule has 2 aromatic rings. The van der Waals surface area contributed by atoms with Crippen LogP contribution in [-0.4, -0.2) is 5.11 Å². The number of hydrogen-bond donors (Lipinski definition) is 1. The highest BCUT2D eigenvalue weighted by atomic mass is 19.1. The molecule has 16 heavy (non-hydrogen) atoms. The van der Waals surface area contributed by atoms with Crippen LogP contribution in [0.3, 0.4) is 0 Å². The molecule has 0 amide bonds. The molecule has 0 aliphatic carbocycles. The van der Waals surface area contributed by atoms with Gasteiger partial charge in [-0.3, -0.25) is 0 Å². The summed E-state index contributed by atoms with van der Waals surface area (Å²) in [5.41, 5.74) is 1.17. The highest BCUT2D eigenvalue weighted by molar-refractivity contribution is 5.95. The maximum Gasteiger partial charge on any atom is 0.143 e. The van der Waals surface area contributed by atoms with Gasteiger partial charge in [0.25, 0.3) is 0 Å². The van der Waals surface area contributed by atoms with Crippen LogP contribution in [0.5, 0.6) is 5.75 Å². The molecule has 80 valence electrons. The summed E-state index contributed by atoms with van der Waals surface area (Å²) in [4.78, 5) is 0. The van der Waals surface area contributed by atoms with Gasteiger partial charge in [0.15, 0.2) is 0 Å². The van der Waals surface area contributed by atoms with Crippen molar-refractivity contribution in [3.05, 3.63) is 41.2 Å². The summed E-state index contributed by atoms with van der Waals surface area (Å²) in [6, 6.07) is 6.53.